The highest BCUT2D eigenvalue weighted by Crippen LogP contribution is 2.23. The molecule has 1 aliphatic heterocycles. The van der Waals surface area contributed by atoms with Crippen LogP contribution in [0.1, 0.15) is 37.9 Å². The smallest absolute Gasteiger partial charge is 0.262 e. The van der Waals surface area contributed by atoms with E-state index in [0.717, 1.165) is 23.6 Å². The fourth-order valence-corrected chi connectivity index (χ4v) is 3.62. The van der Waals surface area contributed by atoms with E-state index in [-0.39, 0.29) is 16.9 Å². The third-order valence-electron chi connectivity index (χ3n) is 5.26. The number of nitrogens with one attached hydrogen (secondary N) is 2. The van der Waals surface area contributed by atoms with E-state index in [1.54, 1.807) is 12.1 Å². The molecule has 0 fully saturated rings. The van der Waals surface area contributed by atoms with Crippen molar-refractivity contribution in [3.8, 4) is 5.69 Å². The number of rotatable bonds is 7. The van der Waals surface area contributed by atoms with E-state index in [4.69, 9.17) is 5.73 Å². The zero-order valence-electron chi connectivity index (χ0n) is 16.7. The van der Waals surface area contributed by atoms with Crippen molar-refractivity contribution in [1.29, 1.82) is 0 Å². The largest absolute Gasteiger partial charge is 0.387 e. The van der Waals surface area contributed by atoms with Crippen LogP contribution in [0.15, 0.2) is 65.5 Å². The van der Waals surface area contributed by atoms with Gasteiger partial charge in [0.05, 0.1) is 22.9 Å². The molecule has 0 bridgehead atoms. The molecule has 8 nitrogen and oxygen atoms in total. The number of imide groups is 1. The summed E-state index contributed by atoms with van der Waals surface area (Å²) in [6.07, 6.45) is 0.162. The fourth-order valence-electron chi connectivity index (χ4n) is 3.62. The van der Waals surface area contributed by atoms with E-state index in [9.17, 15) is 19.5 Å². The zero-order chi connectivity index (χ0) is 22.0. The van der Waals surface area contributed by atoms with E-state index in [1.165, 1.54) is 4.57 Å². The number of aromatic nitrogens is 1. The first-order chi connectivity index (χ1) is 15.0. The van der Waals surface area contributed by atoms with E-state index in [2.05, 4.69) is 10.6 Å². The summed E-state index contributed by atoms with van der Waals surface area (Å²) in [5, 5.41) is 15.6. The van der Waals surface area contributed by atoms with Gasteiger partial charge in [-0.3, -0.25) is 24.3 Å². The highest BCUT2D eigenvalue weighted by atomic mass is 16.3. The number of nitrogens with zero attached hydrogens (tertiary/aromatic N) is 1. The SMILES string of the molecule is Nc1c2c(cc(=O)n1-c1ccc(CCNCC(O)c3ccccc3)cc1)C(=O)NC2=O. The van der Waals surface area contributed by atoms with E-state index < -0.39 is 23.5 Å². The minimum atomic E-state index is -0.615. The summed E-state index contributed by atoms with van der Waals surface area (Å²) in [4.78, 5) is 36.2. The summed E-state index contributed by atoms with van der Waals surface area (Å²) >= 11 is 0. The average molecular weight is 418 g/mol. The first kappa shape index (κ1) is 20.5. The minimum Gasteiger partial charge on any atom is -0.387 e. The summed E-state index contributed by atoms with van der Waals surface area (Å²) in [6.45, 7) is 1.12. The molecule has 1 aliphatic rings. The third kappa shape index (κ3) is 4.11. The quantitative estimate of drug-likeness (QED) is 0.337. The first-order valence-corrected chi connectivity index (χ1v) is 9.90. The van der Waals surface area contributed by atoms with Gasteiger partial charge in [-0.05, 0) is 36.2 Å². The van der Waals surface area contributed by atoms with Crippen LogP contribution in [0.25, 0.3) is 5.69 Å². The van der Waals surface area contributed by atoms with Crippen molar-refractivity contribution in [3.63, 3.8) is 0 Å². The molecule has 8 heteroatoms. The first-order valence-electron chi connectivity index (χ1n) is 9.90. The molecule has 0 saturated carbocycles. The molecular weight excluding hydrogens is 396 g/mol. The predicted octanol–water partition coefficient (Wildman–Crippen LogP) is 1.17. The second-order valence-corrected chi connectivity index (χ2v) is 7.32. The van der Waals surface area contributed by atoms with Gasteiger partial charge in [-0.2, -0.15) is 0 Å². The Morgan fingerprint density at radius 2 is 1.71 bits per heavy atom. The topological polar surface area (TPSA) is 126 Å². The molecule has 1 unspecified atom stereocenters. The van der Waals surface area contributed by atoms with Gasteiger partial charge in [0.25, 0.3) is 17.4 Å². The molecule has 0 aliphatic carbocycles. The third-order valence-corrected chi connectivity index (χ3v) is 5.26. The average Bonchev–Trinajstić information content (AvgIpc) is 3.06. The number of carbonyl (C=O) groups is 2. The van der Waals surface area contributed by atoms with Crippen LogP contribution < -0.4 is 21.9 Å². The Kier molecular flexibility index (Phi) is 5.66. The Morgan fingerprint density at radius 3 is 2.42 bits per heavy atom. The Hall–Kier alpha value is -3.75. The van der Waals surface area contributed by atoms with Crippen LogP contribution >= 0.6 is 0 Å². The monoisotopic (exact) mass is 418 g/mol. The summed E-state index contributed by atoms with van der Waals surface area (Å²) in [7, 11) is 0. The Morgan fingerprint density at radius 1 is 1.00 bits per heavy atom. The van der Waals surface area contributed by atoms with E-state index >= 15 is 0 Å². The van der Waals surface area contributed by atoms with Crippen LogP contribution in [0.4, 0.5) is 5.82 Å². The second kappa shape index (κ2) is 8.55. The van der Waals surface area contributed by atoms with Crippen molar-refractivity contribution in [2.75, 3.05) is 18.8 Å². The maximum atomic E-state index is 12.5. The van der Waals surface area contributed by atoms with Crippen LogP contribution in [0, 0.1) is 0 Å². The number of fused-ring (bicyclic) bond motifs is 1. The van der Waals surface area contributed by atoms with Gasteiger partial charge in [0.15, 0.2) is 0 Å². The highest BCUT2D eigenvalue weighted by molar-refractivity contribution is 6.23. The van der Waals surface area contributed by atoms with E-state index in [0.29, 0.717) is 18.8 Å². The Labute approximate surface area is 178 Å². The van der Waals surface area contributed by atoms with Crippen molar-refractivity contribution >= 4 is 17.6 Å². The van der Waals surface area contributed by atoms with E-state index in [1.807, 2.05) is 42.5 Å². The molecule has 1 aromatic heterocycles. The number of nitrogens with two attached hydrogens (primary N) is 1. The molecule has 0 radical (unpaired) electrons. The number of hydrogen-bond acceptors (Lipinski definition) is 6. The van der Waals surface area contributed by atoms with Crippen molar-refractivity contribution in [2.45, 2.75) is 12.5 Å². The molecule has 0 spiro atoms. The summed E-state index contributed by atoms with van der Waals surface area (Å²) in [6, 6.07) is 17.8. The molecule has 3 aromatic rings. The van der Waals surface area contributed by atoms with Gasteiger partial charge in [0.2, 0.25) is 0 Å². The lowest BCUT2D eigenvalue weighted by atomic mass is 10.1. The molecule has 2 aromatic carbocycles. The minimum absolute atomic E-state index is 0.00383. The number of nitrogen functional groups attached to an aromatic ring is 1. The van der Waals surface area contributed by atoms with Gasteiger partial charge < -0.3 is 16.2 Å². The summed E-state index contributed by atoms with van der Waals surface area (Å²) in [5.41, 5.74) is 8.00. The number of hydrogen-bond donors (Lipinski definition) is 4. The van der Waals surface area contributed by atoms with Crippen LogP contribution in [-0.4, -0.2) is 34.6 Å². The number of aliphatic hydroxyl groups is 1. The fraction of sp³-hybridized carbons (Fsp3) is 0.174. The van der Waals surface area contributed by atoms with Crippen molar-refractivity contribution in [3.05, 3.63) is 93.3 Å². The number of pyridine rings is 1. The lowest BCUT2D eigenvalue weighted by Gasteiger charge is -2.13. The highest BCUT2D eigenvalue weighted by Gasteiger charge is 2.31. The molecule has 4 rings (SSSR count). The van der Waals surface area contributed by atoms with Gasteiger partial charge in [-0.25, -0.2) is 0 Å². The van der Waals surface area contributed by atoms with Gasteiger partial charge >= 0.3 is 0 Å². The van der Waals surface area contributed by atoms with Crippen LogP contribution in [0.5, 0.6) is 0 Å². The molecule has 2 amide bonds. The lowest BCUT2D eigenvalue weighted by Crippen LogP contribution is -2.24. The van der Waals surface area contributed by atoms with Crippen molar-refractivity contribution in [1.82, 2.24) is 15.2 Å². The normalized spacial score (nSPS) is 13.7. The number of benzene rings is 2. The molecule has 2 heterocycles. The van der Waals surface area contributed by atoms with Gasteiger partial charge in [-0.1, -0.05) is 42.5 Å². The standard InChI is InChI=1S/C23H22N4O4/c24-21-20-17(22(30)26-23(20)31)12-19(29)27(21)16-8-6-14(7-9-16)10-11-25-13-18(28)15-4-2-1-3-5-15/h1-9,12,18,25,28H,10-11,13,24H2,(H,26,30,31). The molecule has 5 N–H and O–H groups in total. The maximum absolute atomic E-state index is 12.5. The van der Waals surface area contributed by atoms with Crippen LogP contribution in [0.2, 0.25) is 0 Å². The lowest BCUT2D eigenvalue weighted by molar-refractivity contribution is 0.0880. The van der Waals surface area contributed by atoms with Gasteiger partial charge in [-0.15, -0.1) is 0 Å². The van der Waals surface area contributed by atoms with Crippen LogP contribution in [0.3, 0.4) is 0 Å². The summed E-state index contributed by atoms with van der Waals surface area (Å²) in [5.74, 6) is -1.28. The number of carbonyl (C=O) groups excluding carboxylic acids is 2. The van der Waals surface area contributed by atoms with Gasteiger partial charge in [0.1, 0.15) is 5.82 Å². The molecule has 1 atom stereocenters. The number of amides is 2. The zero-order valence-corrected chi connectivity index (χ0v) is 16.7. The predicted molar refractivity (Wildman–Crippen MR) is 116 cm³/mol. The molecule has 31 heavy (non-hydrogen) atoms. The maximum Gasteiger partial charge on any atom is 0.262 e. The number of anilines is 1. The second-order valence-electron chi connectivity index (χ2n) is 7.32. The molecule has 158 valence electrons. The van der Waals surface area contributed by atoms with Crippen molar-refractivity contribution < 1.29 is 14.7 Å². The molecular formula is C23H22N4O4. The van der Waals surface area contributed by atoms with Gasteiger partial charge in [0, 0.05) is 12.6 Å². The molecule has 0 saturated heterocycles. The van der Waals surface area contributed by atoms with Crippen LogP contribution in [-0.2, 0) is 6.42 Å². The summed E-state index contributed by atoms with van der Waals surface area (Å²) < 4.78 is 1.22. The van der Waals surface area contributed by atoms with Crippen molar-refractivity contribution in [2.24, 2.45) is 0 Å². The Bertz CT molecular complexity index is 1190. The Balaban J connectivity index is 1.41. The number of aliphatic hydroxyl groups excluding tert-OH is 1.